The fourth-order valence-electron chi connectivity index (χ4n) is 3.00. The normalized spacial score (nSPS) is 23.1. The van der Waals surface area contributed by atoms with Gasteiger partial charge in [-0.05, 0) is 25.7 Å². The smallest absolute Gasteiger partial charge is 0.270 e. The van der Waals surface area contributed by atoms with Gasteiger partial charge < -0.3 is 10.3 Å². The molecule has 20 heavy (non-hydrogen) atoms. The second-order valence-electron chi connectivity index (χ2n) is 5.56. The van der Waals surface area contributed by atoms with Crippen molar-refractivity contribution in [2.75, 3.05) is 5.73 Å². The molecule has 0 aromatic carbocycles. The highest BCUT2D eigenvalue weighted by atomic mass is 32.1. The first-order valence-corrected chi connectivity index (χ1v) is 8.06. The van der Waals surface area contributed by atoms with E-state index in [4.69, 9.17) is 10.3 Å². The highest BCUT2D eigenvalue weighted by Crippen LogP contribution is 2.37. The lowest BCUT2D eigenvalue weighted by Gasteiger charge is -2.26. The third-order valence-electron chi connectivity index (χ3n) is 4.17. The van der Waals surface area contributed by atoms with Crippen molar-refractivity contribution < 1.29 is 4.52 Å². The molecule has 0 radical (unpaired) electrons. The first-order chi connectivity index (χ1) is 9.67. The van der Waals surface area contributed by atoms with E-state index in [1.807, 2.05) is 6.92 Å². The van der Waals surface area contributed by atoms with Crippen molar-refractivity contribution >= 4 is 16.5 Å². The fraction of sp³-hybridized carbons (Fsp3) is 0.643. The summed E-state index contributed by atoms with van der Waals surface area (Å²) >= 11 is 1.40. The molecule has 0 bridgehead atoms. The Labute approximate surface area is 122 Å². The average Bonchev–Trinajstić information content (AvgIpc) is 3.05. The van der Waals surface area contributed by atoms with Gasteiger partial charge in [-0.2, -0.15) is 4.98 Å². The van der Waals surface area contributed by atoms with E-state index in [1.54, 1.807) is 0 Å². The number of hydrogen-bond donors (Lipinski definition) is 1. The number of thiazole rings is 1. The zero-order valence-electron chi connectivity index (χ0n) is 11.9. The Bertz CT molecular complexity index is 592. The van der Waals surface area contributed by atoms with E-state index in [0.717, 1.165) is 22.3 Å². The lowest BCUT2D eigenvalue weighted by Crippen LogP contribution is -2.14. The largest absolute Gasteiger partial charge is 0.375 e. The minimum absolute atomic E-state index is 0.441. The predicted molar refractivity (Wildman–Crippen MR) is 79.5 cm³/mol. The van der Waals surface area contributed by atoms with Crippen molar-refractivity contribution in [3.05, 3.63) is 11.5 Å². The molecule has 0 spiro atoms. The lowest BCUT2D eigenvalue weighted by molar-refractivity contribution is 0.300. The molecule has 1 saturated carbocycles. The van der Waals surface area contributed by atoms with Gasteiger partial charge in [0.2, 0.25) is 0 Å². The van der Waals surface area contributed by atoms with Crippen LogP contribution in [0.25, 0.3) is 10.8 Å². The molecule has 1 aliphatic carbocycles. The average molecular weight is 292 g/mol. The second kappa shape index (κ2) is 5.52. The van der Waals surface area contributed by atoms with Crippen LogP contribution in [0.4, 0.5) is 5.13 Å². The molecule has 2 heterocycles. The van der Waals surface area contributed by atoms with Crippen molar-refractivity contribution in [1.29, 1.82) is 0 Å². The van der Waals surface area contributed by atoms with Crippen LogP contribution in [0.2, 0.25) is 0 Å². The molecule has 2 unspecified atom stereocenters. The third kappa shape index (κ3) is 2.57. The van der Waals surface area contributed by atoms with Crippen LogP contribution in [-0.4, -0.2) is 15.1 Å². The first-order valence-electron chi connectivity index (χ1n) is 7.24. The first kappa shape index (κ1) is 13.5. The maximum absolute atomic E-state index is 5.72. The van der Waals surface area contributed by atoms with Gasteiger partial charge in [-0.25, -0.2) is 4.98 Å². The van der Waals surface area contributed by atoms with Gasteiger partial charge in [0.1, 0.15) is 4.88 Å². The molecule has 0 aliphatic heterocycles. The molecule has 3 rings (SSSR count). The molecule has 1 fully saturated rings. The van der Waals surface area contributed by atoms with Crippen LogP contribution in [0.3, 0.4) is 0 Å². The molecule has 2 aromatic heterocycles. The quantitative estimate of drug-likeness (QED) is 0.931. The Morgan fingerprint density at radius 1 is 1.35 bits per heavy atom. The summed E-state index contributed by atoms with van der Waals surface area (Å²) in [5, 5.41) is 4.73. The van der Waals surface area contributed by atoms with Crippen molar-refractivity contribution in [2.45, 2.75) is 51.9 Å². The minimum atomic E-state index is 0.441. The highest BCUT2D eigenvalue weighted by molar-refractivity contribution is 7.18. The van der Waals surface area contributed by atoms with Crippen LogP contribution in [-0.2, 0) is 0 Å². The molecule has 0 amide bonds. The summed E-state index contributed by atoms with van der Waals surface area (Å²) in [6, 6.07) is 0. The van der Waals surface area contributed by atoms with Crippen LogP contribution < -0.4 is 5.73 Å². The molecular formula is C14H20N4OS. The van der Waals surface area contributed by atoms with Gasteiger partial charge in [0.15, 0.2) is 11.0 Å². The lowest BCUT2D eigenvalue weighted by atomic mass is 9.80. The van der Waals surface area contributed by atoms with Gasteiger partial charge in [0, 0.05) is 5.92 Å². The molecule has 5 nitrogen and oxygen atoms in total. The molecular weight excluding hydrogens is 272 g/mol. The summed E-state index contributed by atoms with van der Waals surface area (Å²) in [4.78, 5) is 9.68. The molecule has 0 saturated heterocycles. The Morgan fingerprint density at radius 3 is 2.90 bits per heavy atom. The van der Waals surface area contributed by atoms with Crippen LogP contribution in [0.5, 0.6) is 0 Å². The van der Waals surface area contributed by atoms with Gasteiger partial charge in [0.05, 0.1) is 5.69 Å². The number of nitrogens with zero attached hydrogens (tertiary/aromatic N) is 3. The number of aromatic nitrogens is 3. The summed E-state index contributed by atoms with van der Waals surface area (Å²) in [7, 11) is 0. The predicted octanol–water partition coefficient (Wildman–Crippen LogP) is 3.77. The number of rotatable bonds is 3. The van der Waals surface area contributed by atoms with Gasteiger partial charge in [-0.3, -0.25) is 0 Å². The third-order valence-corrected chi connectivity index (χ3v) is 5.15. The van der Waals surface area contributed by atoms with Crippen LogP contribution in [0.15, 0.2) is 4.52 Å². The van der Waals surface area contributed by atoms with Crippen molar-refractivity contribution in [2.24, 2.45) is 5.92 Å². The Morgan fingerprint density at radius 2 is 2.20 bits per heavy atom. The molecule has 2 atom stereocenters. The topological polar surface area (TPSA) is 77.8 Å². The maximum Gasteiger partial charge on any atom is 0.270 e. The Hall–Kier alpha value is -1.43. The van der Waals surface area contributed by atoms with Crippen molar-refractivity contribution in [3.63, 3.8) is 0 Å². The zero-order valence-corrected chi connectivity index (χ0v) is 12.7. The van der Waals surface area contributed by atoms with E-state index in [1.165, 1.54) is 43.4 Å². The monoisotopic (exact) mass is 292 g/mol. The number of aryl methyl sites for hydroxylation is 1. The number of hydrogen-bond acceptors (Lipinski definition) is 6. The van der Waals surface area contributed by atoms with E-state index in [2.05, 4.69) is 22.0 Å². The van der Waals surface area contributed by atoms with E-state index >= 15 is 0 Å². The highest BCUT2D eigenvalue weighted by Gasteiger charge is 2.26. The number of nitrogen functional groups attached to an aromatic ring is 1. The summed E-state index contributed by atoms with van der Waals surface area (Å²) in [6.45, 7) is 4.18. The summed E-state index contributed by atoms with van der Waals surface area (Å²) < 4.78 is 5.42. The fourth-order valence-corrected chi connectivity index (χ4v) is 3.76. The van der Waals surface area contributed by atoms with Crippen LogP contribution >= 0.6 is 11.3 Å². The SMILES string of the molecule is CCC1CCCC(c2noc(-c3sc(N)nc3C)n2)C1. The van der Waals surface area contributed by atoms with E-state index in [0.29, 0.717) is 16.9 Å². The van der Waals surface area contributed by atoms with Gasteiger partial charge in [0.25, 0.3) is 5.89 Å². The van der Waals surface area contributed by atoms with Crippen LogP contribution in [0.1, 0.15) is 56.5 Å². The van der Waals surface area contributed by atoms with E-state index in [9.17, 15) is 0 Å². The molecule has 1 aliphatic rings. The summed E-state index contributed by atoms with van der Waals surface area (Å²) in [5.74, 6) is 2.66. The Balaban J connectivity index is 1.81. The molecule has 6 heteroatoms. The van der Waals surface area contributed by atoms with Gasteiger partial charge in [-0.1, -0.05) is 42.7 Å². The van der Waals surface area contributed by atoms with Gasteiger partial charge in [-0.15, -0.1) is 0 Å². The molecule has 2 N–H and O–H groups in total. The van der Waals surface area contributed by atoms with Crippen LogP contribution in [0, 0.1) is 12.8 Å². The molecule has 108 valence electrons. The maximum atomic E-state index is 5.72. The van der Waals surface area contributed by atoms with E-state index in [-0.39, 0.29) is 0 Å². The second-order valence-corrected chi connectivity index (χ2v) is 6.59. The minimum Gasteiger partial charge on any atom is -0.375 e. The number of nitrogens with two attached hydrogens (primary N) is 1. The molecule has 2 aromatic rings. The summed E-state index contributed by atoms with van der Waals surface area (Å²) in [6.07, 6.45) is 6.19. The number of anilines is 1. The standard InChI is InChI=1S/C14H20N4OS/c1-3-9-5-4-6-10(7-9)12-17-13(19-18-12)11-8(2)16-14(15)20-11/h9-10H,3-7H2,1-2H3,(H2,15,16). The zero-order chi connectivity index (χ0) is 14.1. The van der Waals surface area contributed by atoms with Crippen molar-refractivity contribution in [1.82, 2.24) is 15.1 Å². The van der Waals surface area contributed by atoms with E-state index < -0.39 is 0 Å². The summed E-state index contributed by atoms with van der Waals surface area (Å²) in [5.41, 5.74) is 6.58. The van der Waals surface area contributed by atoms with Gasteiger partial charge >= 0.3 is 0 Å². The van der Waals surface area contributed by atoms with Crippen molar-refractivity contribution in [3.8, 4) is 10.8 Å². The Kier molecular flexibility index (Phi) is 3.74.